The lowest BCUT2D eigenvalue weighted by Gasteiger charge is -2.28. The first-order valence-corrected chi connectivity index (χ1v) is 5.61. The molecule has 1 saturated heterocycles. The highest BCUT2D eigenvalue weighted by Crippen LogP contribution is 2.36. The maximum atomic E-state index is 11.1. The standard InChI is InChI=1S/C11H16O4/c12-9-6-8(11(13)14)10(15-9)7-4-2-1-3-5-7/h7-8,10H,1-6H2,(H,13,14)/t8-,10+/m0/s1. The van der Waals surface area contributed by atoms with Gasteiger partial charge in [0.1, 0.15) is 12.0 Å². The molecule has 0 bridgehead atoms. The fourth-order valence-corrected chi connectivity index (χ4v) is 2.69. The van der Waals surface area contributed by atoms with E-state index in [0.717, 1.165) is 25.7 Å². The Labute approximate surface area is 88.6 Å². The molecule has 1 saturated carbocycles. The molecule has 1 aliphatic carbocycles. The quantitative estimate of drug-likeness (QED) is 0.706. The maximum Gasteiger partial charge on any atom is 0.310 e. The topological polar surface area (TPSA) is 63.6 Å². The fourth-order valence-electron chi connectivity index (χ4n) is 2.69. The number of ether oxygens (including phenoxy) is 1. The number of aliphatic carboxylic acids is 1. The van der Waals surface area contributed by atoms with E-state index in [4.69, 9.17) is 9.84 Å². The zero-order valence-electron chi connectivity index (χ0n) is 8.65. The molecule has 4 heteroatoms. The van der Waals surface area contributed by atoms with Gasteiger partial charge in [-0.15, -0.1) is 0 Å². The molecule has 0 radical (unpaired) electrons. The number of hydrogen-bond acceptors (Lipinski definition) is 3. The Morgan fingerprint density at radius 2 is 1.93 bits per heavy atom. The van der Waals surface area contributed by atoms with Crippen LogP contribution in [0.1, 0.15) is 38.5 Å². The Balaban J connectivity index is 2.05. The van der Waals surface area contributed by atoms with Gasteiger partial charge in [-0.25, -0.2) is 0 Å². The summed E-state index contributed by atoms with van der Waals surface area (Å²) >= 11 is 0. The van der Waals surface area contributed by atoms with Gasteiger partial charge < -0.3 is 9.84 Å². The average molecular weight is 212 g/mol. The molecule has 0 aromatic heterocycles. The fraction of sp³-hybridized carbons (Fsp3) is 0.818. The van der Waals surface area contributed by atoms with Crippen molar-refractivity contribution >= 4 is 11.9 Å². The minimum Gasteiger partial charge on any atom is -0.481 e. The van der Waals surface area contributed by atoms with Gasteiger partial charge in [0.2, 0.25) is 0 Å². The molecule has 2 atom stereocenters. The number of carboxylic acid groups (broad SMARTS) is 1. The van der Waals surface area contributed by atoms with Crippen molar-refractivity contribution in [1.29, 1.82) is 0 Å². The number of hydrogen-bond donors (Lipinski definition) is 1. The Kier molecular flexibility index (Phi) is 2.93. The molecular weight excluding hydrogens is 196 g/mol. The molecule has 15 heavy (non-hydrogen) atoms. The minimum absolute atomic E-state index is 0.0521. The van der Waals surface area contributed by atoms with Crippen LogP contribution in [-0.4, -0.2) is 23.1 Å². The van der Waals surface area contributed by atoms with Crippen LogP contribution < -0.4 is 0 Å². The van der Waals surface area contributed by atoms with Gasteiger partial charge >= 0.3 is 11.9 Å². The minimum atomic E-state index is -0.892. The van der Waals surface area contributed by atoms with Crippen LogP contribution >= 0.6 is 0 Å². The number of esters is 1. The van der Waals surface area contributed by atoms with Gasteiger partial charge in [0.05, 0.1) is 6.42 Å². The van der Waals surface area contributed by atoms with E-state index in [1.54, 1.807) is 0 Å². The van der Waals surface area contributed by atoms with Crippen molar-refractivity contribution < 1.29 is 19.4 Å². The van der Waals surface area contributed by atoms with Crippen molar-refractivity contribution in [2.45, 2.75) is 44.6 Å². The molecule has 2 rings (SSSR count). The maximum absolute atomic E-state index is 11.1. The van der Waals surface area contributed by atoms with E-state index < -0.39 is 11.9 Å². The van der Waals surface area contributed by atoms with Crippen molar-refractivity contribution in [3.05, 3.63) is 0 Å². The van der Waals surface area contributed by atoms with Crippen molar-refractivity contribution in [3.8, 4) is 0 Å². The molecule has 1 aliphatic heterocycles. The molecule has 0 amide bonds. The highest BCUT2D eigenvalue weighted by Gasteiger charge is 2.44. The second-order valence-corrected chi connectivity index (χ2v) is 4.50. The summed E-state index contributed by atoms with van der Waals surface area (Å²) in [5, 5.41) is 9.00. The van der Waals surface area contributed by atoms with Gasteiger partial charge in [-0.1, -0.05) is 19.3 Å². The van der Waals surface area contributed by atoms with Crippen LogP contribution in [0.15, 0.2) is 0 Å². The van der Waals surface area contributed by atoms with Crippen molar-refractivity contribution in [2.75, 3.05) is 0 Å². The predicted octanol–water partition coefficient (Wildman–Crippen LogP) is 1.58. The number of carbonyl (C=O) groups is 2. The van der Waals surface area contributed by atoms with Crippen LogP contribution in [0.3, 0.4) is 0 Å². The summed E-state index contributed by atoms with van der Waals surface area (Å²) in [7, 11) is 0. The van der Waals surface area contributed by atoms with Crippen LogP contribution in [0.4, 0.5) is 0 Å². The van der Waals surface area contributed by atoms with Crippen LogP contribution in [0.25, 0.3) is 0 Å². The monoisotopic (exact) mass is 212 g/mol. The first kappa shape index (κ1) is 10.5. The first-order valence-electron chi connectivity index (χ1n) is 5.61. The van der Waals surface area contributed by atoms with Crippen molar-refractivity contribution in [1.82, 2.24) is 0 Å². The van der Waals surface area contributed by atoms with E-state index in [1.807, 2.05) is 0 Å². The Hall–Kier alpha value is -1.06. The number of cyclic esters (lactones) is 1. The molecule has 0 spiro atoms. The lowest BCUT2D eigenvalue weighted by atomic mass is 9.80. The van der Waals surface area contributed by atoms with Crippen LogP contribution in [0, 0.1) is 11.8 Å². The second kappa shape index (κ2) is 4.21. The Morgan fingerprint density at radius 3 is 2.53 bits per heavy atom. The molecule has 0 aromatic rings. The van der Waals surface area contributed by atoms with Gasteiger partial charge in [0, 0.05) is 0 Å². The summed E-state index contributed by atoms with van der Waals surface area (Å²) < 4.78 is 5.15. The van der Waals surface area contributed by atoms with Gasteiger partial charge in [-0.2, -0.15) is 0 Å². The normalized spacial score (nSPS) is 32.7. The third kappa shape index (κ3) is 2.13. The largest absolute Gasteiger partial charge is 0.481 e. The zero-order chi connectivity index (χ0) is 10.8. The van der Waals surface area contributed by atoms with E-state index in [0.29, 0.717) is 0 Å². The van der Waals surface area contributed by atoms with E-state index >= 15 is 0 Å². The molecule has 0 aromatic carbocycles. The van der Waals surface area contributed by atoms with E-state index in [9.17, 15) is 9.59 Å². The number of carbonyl (C=O) groups excluding carboxylic acids is 1. The molecule has 1 heterocycles. The smallest absolute Gasteiger partial charge is 0.310 e. The lowest BCUT2D eigenvalue weighted by Crippen LogP contribution is -2.32. The summed E-state index contributed by atoms with van der Waals surface area (Å²) in [5.41, 5.74) is 0. The Bertz CT molecular complexity index is 268. The average Bonchev–Trinajstić information content (AvgIpc) is 2.62. The van der Waals surface area contributed by atoms with Crippen LogP contribution in [-0.2, 0) is 14.3 Å². The summed E-state index contributed by atoms with van der Waals surface area (Å²) in [4.78, 5) is 22.1. The summed E-state index contributed by atoms with van der Waals surface area (Å²) in [6, 6.07) is 0. The number of carboxylic acids is 1. The summed E-state index contributed by atoms with van der Waals surface area (Å²) in [5.74, 6) is -1.58. The van der Waals surface area contributed by atoms with Gasteiger partial charge in [0.25, 0.3) is 0 Å². The summed E-state index contributed by atoms with van der Waals surface area (Å²) in [6.45, 7) is 0. The van der Waals surface area contributed by atoms with Crippen LogP contribution in [0.5, 0.6) is 0 Å². The zero-order valence-corrected chi connectivity index (χ0v) is 8.65. The van der Waals surface area contributed by atoms with Gasteiger partial charge in [0.15, 0.2) is 0 Å². The molecular formula is C11H16O4. The molecule has 2 aliphatic rings. The third-order valence-electron chi connectivity index (χ3n) is 3.48. The van der Waals surface area contributed by atoms with E-state index in [1.165, 1.54) is 6.42 Å². The first-order chi connectivity index (χ1) is 7.18. The highest BCUT2D eigenvalue weighted by atomic mass is 16.6. The SMILES string of the molecule is O=C1C[C@H](C(=O)O)[C@@H](C2CCCCC2)O1. The summed E-state index contributed by atoms with van der Waals surface area (Å²) in [6.07, 6.45) is 5.17. The van der Waals surface area contributed by atoms with Crippen LogP contribution in [0.2, 0.25) is 0 Å². The lowest BCUT2D eigenvalue weighted by molar-refractivity contribution is -0.147. The predicted molar refractivity (Wildman–Crippen MR) is 52.2 cm³/mol. The second-order valence-electron chi connectivity index (χ2n) is 4.50. The molecule has 4 nitrogen and oxygen atoms in total. The molecule has 84 valence electrons. The van der Waals surface area contributed by atoms with E-state index in [2.05, 4.69) is 0 Å². The van der Waals surface area contributed by atoms with E-state index in [-0.39, 0.29) is 24.4 Å². The van der Waals surface area contributed by atoms with Gasteiger partial charge in [-0.05, 0) is 18.8 Å². The number of rotatable bonds is 2. The van der Waals surface area contributed by atoms with Gasteiger partial charge in [-0.3, -0.25) is 9.59 Å². The Morgan fingerprint density at radius 1 is 1.27 bits per heavy atom. The van der Waals surface area contributed by atoms with Crippen molar-refractivity contribution in [3.63, 3.8) is 0 Å². The highest BCUT2D eigenvalue weighted by molar-refractivity contribution is 5.82. The molecule has 1 N–H and O–H groups in total. The van der Waals surface area contributed by atoms with Crippen molar-refractivity contribution in [2.24, 2.45) is 11.8 Å². The third-order valence-corrected chi connectivity index (χ3v) is 3.48. The molecule has 2 fully saturated rings. The molecule has 0 unspecified atom stereocenters.